The second-order valence-corrected chi connectivity index (χ2v) is 10.8. The number of imidazole rings is 1. The Morgan fingerprint density at radius 1 is 1.00 bits per heavy atom. The SMILES string of the molecule is Cn1c(=O)n(C2CCC(=O)NC2=O)c2ccc(N3CCN(C4CCN4C(=O)OC(C)(C)C)CC3)cc21. The van der Waals surface area contributed by atoms with Crippen molar-refractivity contribution in [1.82, 2.24) is 24.3 Å². The summed E-state index contributed by atoms with van der Waals surface area (Å²) in [5.74, 6) is -0.737. The molecule has 194 valence electrons. The summed E-state index contributed by atoms with van der Waals surface area (Å²) in [7, 11) is 1.70. The Hall–Kier alpha value is -3.34. The van der Waals surface area contributed by atoms with Gasteiger partial charge in [0.2, 0.25) is 11.8 Å². The molecule has 2 unspecified atom stereocenters. The molecular formula is C25H34N6O5. The standard InChI is InChI=1S/C25H34N6O5/c1-25(2,3)36-24(35)30-10-9-21(30)29-13-11-28(12-14-29)16-5-6-17-19(15-16)27(4)23(34)31(17)18-7-8-20(32)26-22(18)33/h5-6,15,18,21H,7-14H2,1-4H3,(H,26,32,33). The van der Waals surface area contributed by atoms with E-state index >= 15 is 0 Å². The van der Waals surface area contributed by atoms with E-state index < -0.39 is 17.6 Å². The molecule has 0 saturated carbocycles. The van der Waals surface area contributed by atoms with Gasteiger partial charge in [-0.05, 0) is 51.8 Å². The Morgan fingerprint density at radius 3 is 2.33 bits per heavy atom. The van der Waals surface area contributed by atoms with E-state index in [2.05, 4.69) is 15.1 Å². The number of carbonyl (C=O) groups is 3. The highest BCUT2D eigenvalue weighted by Gasteiger charge is 2.40. The molecule has 1 aromatic heterocycles. The van der Waals surface area contributed by atoms with Gasteiger partial charge in [-0.25, -0.2) is 9.59 Å². The van der Waals surface area contributed by atoms with Crippen LogP contribution in [0.25, 0.3) is 11.0 Å². The molecule has 0 aliphatic carbocycles. The first-order valence-corrected chi connectivity index (χ1v) is 12.6. The van der Waals surface area contributed by atoms with Crippen molar-refractivity contribution in [2.24, 2.45) is 7.05 Å². The molecule has 3 aliphatic heterocycles. The smallest absolute Gasteiger partial charge is 0.411 e. The van der Waals surface area contributed by atoms with Crippen molar-refractivity contribution in [2.75, 3.05) is 37.6 Å². The molecule has 4 heterocycles. The van der Waals surface area contributed by atoms with Crippen molar-refractivity contribution in [3.05, 3.63) is 28.7 Å². The van der Waals surface area contributed by atoms with Gasteiger partial charge in [0, 0.05) is 51.9 Å². The van der Waals surface area contributed by atoms with Gasteiger partial charge in [0.1, 0.15) is 11.6 Å². The lowest BCUT2D eigenvalue weighted by Gasteiger charge is -2.49. The number of piperazine rings is 1. The summed E-state index contributed by atoms with van der Waals surface area (Å²) in [6, 6.07) is 5.17. The number of ether oxygens (including phenoxy) is 1. The summed E-state index contributed by atoms with van der Waals surface area (Å²) in [6.07, 6.45) is 1.30. The second kappa shape index (κ2) is 8.95. The maximum absolute atomic E-state index is 13.0. The number of likely N-dealkylation sites (tertiary alicyclic amines) is 1. The molecule has 11 heteroatoms. The molecule has 2 aromatic rings. The number of benzene rings is 1. The molecule has 3 saturated heterocycles. The molecule has 0 bridgehead atoms. The van der Waals surface area contributed by atoms with E-state index in [1.54, 1.807) is 16.5 Å². The van der Waals surface area contributed by atoms with Crippen LogP contribution in [-0.4, -0.2) is 81.3 Å². The van der Waals surface area contributed by atoms with Crippen molar-refractivity contribution in [2.45, 2.75) is 57.8 Å². The van der Waals surface area contributed by atoms with Crippen LogP contribution in [0.2, 0.25) is 0 Å². The van der Waals surface area contributed by atoms with Crippen molar-refractivity contribution >= 4 is 34.6 Å². The Kier molecular flexibility index (Phi) is 6.06. The highest BCUT2D eigenvalue weighted by molar-refractivity contribution is 6.00. The van der Waals surface area contributed by atoms with Gasteiger partial charge in [-0.2, -0.15) is 0 Å². The minimum absolute atomic E-state index is 0.0767. The van der Waals surface area contributed by atoms with E-state index in [0.29, 0.717) is 18.5 Å². The first-order chi connectivity index (χ1) is 17.0. The van der Waals surface area contributed by atoms with Crippen LogP contribution in [0.3, 0.4) is 0 Å². The summed E-state index contributed by atoms with van der Waals surface area (Å²) in [5, 5.41) is 2.34. The predicted molar refractivity (Wildman–Crippen MR) is 134 cm³/mol. The van der Waals surface area contributed by atoms with Crippen molar-refractivity contribution in [3.8, 4) is 0 Å². The first-order valence-electron chi connectivity index (χ1n) is 12.6. The van der Waals surface area contributed by atoms with Gasteiger partial charge in [0.05, 0.1) is 17.2 Å². The lowest BCUT2D eigenvalue weighted by molar-refractivity contribution is -0.135. The number of amides is 3. The fourth-order valence-electron chi connectivity index (χ4n) is 5.34. The Morgan fingerprint density at radius 2 is 1.72 bits per heavy atom. The third-order valence-electron chi connectivity index (χ3n) is 7.31. The predicted octanol–water partition coefficient (Wildman–Crippen LogP) is 1.41. The fourth-order valence-corrected chi connectivity index (χ4v) is 5.34. The molecule has 3 fully saturated rings. The number of aryl methyl sites for hydroxylation is 1. The molecule has 0 spiro atoms. The third-order valence-corrected chi connectivity index (χ3v) is 7.31. The van der Waals surface area contributed by atoms with E-state index in [1.165, 1.54) is 4.57 Å². The first kappa shape index (κ1) is 24.4. The lowest BCUT2D eigenvalue weighted by Crippen LogP contribution is -2.63. The van der Waals surface area contributed by atoms with Crippen LogP contribution < -0.4 is 15.9 Å². The summed E-state index contributed by atoms with van der Waals surface area (Å²) in [5.41, 5.74) is 1.66. The van der Waals surface area contributed by atoms with E-state index in [-0.39, 0.29) is 30.3 Å². The van der Waals surface area contributed by atoms with Crippen molar-refractivity contribution in [3.63, 3.8) is 0 Å². The number of rotatable bonds is 3. The van der Waals surface area contributed by atoms with E-state index in [0.717, 1.165) is 43.8 Å². The molecule has 3 amide bonds. The van der Waals surface area contributed by atoms with Gasteiger partial charge >= 0.3 is 11.8 Å². The molecule has 1 aromatic carbocycles. The normalized spacial score (nSPS) is 23.6. The van der Waals surface area contributed by atoms with Crippen molar-refractivity contribution < 1.29 is 19.1 Å². The minimum Gasteiger partial charge on any atom is -0.444 e. The number of fused-ring (bicyclic) bond motifs is 1. The molecule has 0 radical (unpaired) electrons. The Labute approximate surface area is 209 Å². The third kappa shape index (κ3) is 4.36. The Bertz CT molecular complexity index is 1270. The summed E-state index contributed by atoms with van der Waals surface area (Å²) >= 11 is 0. The molecule has 3 aliphatic rings. The van der Waals surface area contributed by atoms with Crippen LogP contribution >= 0.6 is 0 Å². The van der Waals surface area contributed by atoms with Crippen LogP contribution in [0.15, 0.2) is 23.0 Å². The number of piperidine rings is 1. The van der Waals surface area contributed by atoms with Gasteiger partial charge in [0.15, 0.2) is 0 Å². The summed E-state index contributed by atoms with van der Waals surface area (Å²) in [6.45, 7) is 9.58. The molecule has 1 N–H and O–H groups in total. The second-order valence-electron chi connectivity index (χ2n) is 10.8. The quantitative estimate of drug-likeness (QED) is 0.638. The van der Waals surface area contributed by atoms with Gasteiger partial charge < -0.3 is 9.64 Å². The molecular weight excluding hydrogens is 464 g/mol. The zero-order valence-corrected chi connectivity index (χ0v) is 21.3. The minimum atomic E-state index is -0.691. The number of imide groups is 1. The lowest BCUT2D eigenvalue weighted by atomic mass is 10.1. The fraction of sp³-hybridized carbons (Fsp3) is 0.600. The Balaban J connectivity index is 1.29. The van der Waals surface area contributed by atoms with Gasteiger partial charge in [-0.15, -0.1) is 0 Å². The number of nitrogens with zero attached hydrogens (tertiary/aromatic N) is 5. The van der Waals surface area contributed by atoms with E-state index in [1.807, 2.05) is 39.0 Å². The van der Waals surface area contributed by atoms with Crippen LogP contribution in [0, 0.1) is 0 Å². The number of hydrogen-bond acceptors (Lipinski definition) is 7. The highest BCUT2D eigenvalue weighted by atomic mass is 16.6. The summed E-state index contributed by atoms with van der Waals surface area (Å²) < 4.78 is 8.61. The maximum atomic E-state index is 13.0. The van der Waals surface area contributed by atoms with Gasteiger partial charge in [0.25, 0.3) is 0 Å². The van der Waals surface area contributed by atoms with Crippen LogP contribution in [0.4, 0.5) is 10.5 Å². The number of hydrogen-bond donors (Lipinski definition) is 1. The average molecular weight is 499 g/mol. The van der Waals surface area contributed by atoms with Crippen LogP contribution in [-0.2, 0) is 21.4 Å². The number of carbonyl (C=O) groups excluding carboxylic acids is 3. The summed E-state index contributed by atoms with van der Waals surface area (Å²) in [4.78, 5) is 55.9. The van der Waals surface area contributed by atoms with Crippen molar-refractivity contribution in [1.29, 1.82) is 0 Å². The maximum Gasteiger partial charge on any atom is 0.411 e. The molecule has 11 nitrogen and oxygen atoms in total. The monoisotopic (exact) mass is 498 g/mol. The molecule has 5 rings (SSSR count). The largest absolute Gasteiger partial charge is 0.444 e. The molecule has 2 atom stereocenters. The van der Waals surface area contributed by atoms with E-state index in [9.17, 15) is 19.2 Å². The number of nitrogens with one attached hydrogen (secondary N) is 1. The molecule has 36 heavy (non-hydrogen) atoms. The topological polar surface area (TPSA) is 109 Å². The zero-order chi connectivity index (χ0) is 25.8. The van der Waals surface area contributed by atoms with Crippen LogP contribution in [0.1, 0.15) is 46.1 Å². The average Bonchev–Trinajstić information content (AvgIpc) is 3.02. The number of anilines is 1. The van der Waals surface area contributed by atoms with Crippen LogP contribution in [0.5, 0.6) is 0 Å². The number of aromatic nitrogens is 2. The van der Waals surface area contributed by atoms with E-state index in [4.69, 9.17) is 4.74 Å². The van der Waals surface area contributed by atoms with Gasteiger partial charge in [-0.1, -0.05) is 0 Å². The zero-order valence-electron chi connectivity index (χ0n) is 21.3. The van der Waals surface area contributed by atoms with Gasteiger partial charge in [-0.3, -0.25) is 33.8 Å². The highest BCUT2D eigenvalue weighted by Crippen LogP contribution is 2.29.